The number of hydrogen-bond donors (Lipinski definition) is 0. The zero-order valence-corrected chi connectivity index (χ0v) is 8.99. The number of hydrogen-bond acceptors (Lipinski definition) is 4. The molecule has 0 aliphatic carbocycles. The van der Waals surface area contributed by atoms with Crippen LogP contribution in [0.2, 0.25) is 0 Å². The summed E-state index contributed by atoms with van der Waals surface area (Å²) in [6.45, 7) is 5.50. The van der Waals surface area contributed by atoms with Crippen molar-refractivity contribution >= 4 is 5.97 Å². The number of nitrogens with zero attached hydrogens (tertiary/aromatic N) is 1. The number of esters is 1. The highest BCUT2D eigenvalue weighted by Gasteiger charge is 2.19. The van der Waals surface area contributed by atoms with E-state index < -0.39 is 0 Å². The molecule has 4 nitrogen and oxygen atoms in total. The highest BCUT2D eigenvalue weighted by atomic mass is 16.6. The lowest BCUT2D eigenvalue weighted by atomic mass is 10.1. The van der Waals surface area contributed by atoms with E-state index >= 15 is 0 Å². The summed E-state index contributed by atoms with van der Waals surface area (Å²) in [4.78, 5) is 13.2. The lowest BCUT2D eigenvalue weighted by Gasteiger charge is -2.30. The molecule has 1 aliphatic heterocycles. The summed E-state index contributed by atoms with van der Waals surface area (Å²) < 4.78 is 9.94. The molecule has 0 N–H and O–H groups in total. The maximum atomic E-state index is 10.8. The van der Waals surface area contributed by atoms with Gasteiger partial charge in [0.15, 0.2) is 0 Å². The zero-order valence-electron chi connectivity index (χ0n) is 8.99. The minimum Gasteiger partial charge on any atom is -0.467 e. The molecule has 1 saturated heterocycles. The van der Waals surface area contributed by atoms with Crippen LogP contribution in [0, 0.1) is 0 Å². The van der Waals surface area contributed by atoms with E-state index in [0.717, 1.165) is 32.5 Å². The van der Waals surface area contributed by atoms with Gasteiger partial charge in [-0.05, 0) is 19.4 Å². The van der Waals surface area contributed by atoms with Crippen molar-refractivity contribution in [2.75, 3.05) is 33.4 Å². The third-order valence-electron chi connectivity index (χ3n) is 2.65. The lowest BCUT2D eigenvalue weighted by molar-refractivity contribution is -0.148. The molecular weight excluding hydrogens is 182 g/mol. The van der Waals surface area contributed by atoms with Gasteiger partial charge in [0.1, 0.15) is 6.61 Å². The van der Waals surface area contributed by atoms with Crippen LogP contribution in [0.5, 0.6) is 0 Å². The molecule has 1 aliphatic rings. The Morgan fingerprint density at radius 2 is 2.07 bits per heavy atom. The van der Waals surface area contributed by atoms with E-state index in [1.807, 2.05) is 0 Å². The molecule has 82 valence electrons. The summed E-state index contributed by atoms with van der Waals surface area (Å²) in [6, 6.07) is 0. The van der Waals surface area contributed by atoms with Crippen molar-refractivity contribution in [3.05, 3.63) is 0 Å². The molecule has 0 bridgehead atoms. The normalized spacial score (nSPS) is 19.6. The van der Waals surface area contributed by atoms with Gasteiger partial charge in [-0.1, -0.05) is 6.92 Å². The van der Waals surface area contributed by atoms with Crippen LogP contribution in [0.4, 0.5) is 0 Å². The second-order valence-electron chi connectivity index (χ2n) is 3.52. The van der Waals surface area contributed by atoms with Crippen molar-refractivity contribution in [2.45, 2.75) is 25.9 Å². The molecular formula is C10H19NO3. The van der Waals surface area contributed by atoms with Gasteiger partial charge in [-0.15, -0.1) is 0 Å². The van der Waals surface area contributed by atoms with E-state index in [2.05, 4.69) is 16.6 Å². The maximum absolute atomic E-state index is 10.8. The average molecular weight is 201 g/mol. The van der Waals surface area contributed by atoms with Crippen molar-refractivity contribution < 1.29 is 14.3 Å². The Morgan fingerprint density at radius 1 is 1.43 bits per heavy atom. The number of ether oxygens (including phenoxy) is 2. The van der Waals surface area contributed by atoms with E-state index in [1.165, 1.54) is 7.11 Å². The van der Waals surface area contributed by atoms with Gasteiger partial charge in [-0.25, -0.2) is 4.79 Å². The van der Waals surface area contributed by atoms with Gasteiger partial charge in [0.25, 0.3) is 0 Å². The number of piperidine rings is 1. The average Bonchev–Trinajstić information content (AvgIpc) is 2.26. The Kier molecular flexibility index (Phi) is 4.90. The number of carbonyl (C=O) groups excluding carboxylic acids is 1. The van der Waals surface area contributed by atoms with E-state index in [4.69, 9.17) is 4.74 Å². The topological polar surface area (TPSA) is 38.8 Å². The SMILES string of the molecule is CCN1CCC(OCC(=O)OC)CC1. The zero-order chi connectivity index (χ0) is 10.4. The van der Waals surface area contributed by atoms with Crippen LogP contribution < -0.4 is 0 Å². The molecule has 0 spiro atoms. The van der Waals surface area contributed by atoms with Crippen LogP contribution in [0.25, 0.3) is 0 Å². The summed E-state index contributed by atoms with van der Waals surface area (Å²) in [5.74, 6) is -0.289. The van der Waals surface area contributed by atoms with Crippen molar-refractivity contribution in [3.63, 3.8) is 0 Å². The monoisotopic (exact) mass is 201 g/mol. The fraction of sp³-hybridized carbons (Fsp3) is 0.900. The quantitative estimate of drug-likeness (QED) is 0.626. The fourth-order valence-corrected chi connectivity index (χ4v) is 1.64. The molecule has 0 saturated carbocycles. The molecule has 0 atom stereocenters. The molecule has 4 heteroatoms. The van der Waals surface area contributed by atoms with Crippen LogP contribution in [-0.4, -0.2) is 50.3 Å². The van der Waals surface area contributed by atoms with Gasteiger partial charge in [0, 0.05) is 13.1 Å². The second kappa shape index (κ2) is 5.98. The van der Waals surface area contributed by atoms with Crippen molar-refractivity contribution in [1.82, 2.24) is 4.90 Å². The van der Waals surface area contributed by atoms with Gasteiger partial charge in [0.05, 0.1) is 13.2 Å². The van der Waals surface area contributed by atoms with Crippen LogP contribution in [0.1, 0.15) is 19.8 Å². The molecule has 0 radical (unpaired) electrons. The summed E-state index contributed by atoms with van der Waals surface area (Å²) >= 11 is 0. The highest BCUT2D eigenvalue weighted by Crippen LogP contribution is 2.12. The minimum absolute atomic E-state index is 0.0906. The molecule has 0 amide bonds. The maximum Gasteiger partial charge on any atom is 0.331 e. The lowest BCUT2D eigenvalue weighted by Crippen LogP contribution is -2.37. The first-order valence-electron chi connectivity index (χ1n) is 5.17. The molecule has 1 fully saturated rings. The van der Waals surface area contributed by atoms with E-state index in [-0.39, 0.29) is 18.7 Å². The summed E-state index contributed by atoms with van der Waals surface area (Å²) in [7, 11) is 1.38. The molecule has 0 aromatic carbocycles. The van der Waals surface area contributed by atoms with Crippen molar-refractivity contribution in [2.24, 2.45) is 0 Å². The van der Waals surface area contributed by atoms with Gasteiger partial charge < -0.3 is 14.4 Å². The third-order valence-corrected chi connectivity index (χ3v) is 2.65. The smallest absolute Gasteiger partial charge is 0.331 e. The highest BCUT2D eigenvalue weighted by molar-refractivity contribution is 5.70. The predicted molar refractivity (Wildman–Crippen MR) is 53.1 cm³/mol. The standard InChI is InChI=1S/C10H19NO3/c1-3-11-6-4-9(5-7-11)14-8-10(12)13-2/h9H,3-8H2,1-2H3. The molecule has 0 aromatic rings. The van der Waals surface area contributed by atoms with Crippen LogP contribution in [0.15, 0.2) is 0 Å². The minimum atomic E-state index is -0.289. The Hall–Kier alpha value is -0.610. The molecule has 1 heterocycles. The van der Waals surface area contributed by atoms with Crippen LogP contribution >= 0.6 is 0 Å². The Morgan fingerprint density at radius 3 is 2.57 bits per heavy atom. The van der Waals surface area contributed by atoms with Crippen LogP contribution in [-0.2, 0) is 14.3 Å². The van der Waals surface area contributed by atoms with Gasteiger partial charge >= 0.3 is 5.97 Å². The van der Waals surface area contributed by atoms with Crippen molar-refractivity contribution in [1.29, 1.82) is 0 Å². The Balaban J connectivity index is 2.13. The van der Waals surface area contributed by atoms with Gasteiger partial charge in [0.2, 0.25) is 0 Å². The molecule has 0 aromatic heterocycles. The Labute approximate surface area is 85.2 Å². The summed E-state index contributed by atoms with van der Waals surface area (Å²) in [5, 5.41) is 0. The summed E-state index contributed by atoms with van der Waals surface area (Å²) in [6.07, 6.45) is 2.27. The van der Waals surface area contributed by atoms with Crippen molar-refractivity contribution in [3.8, 4) is 0 Å². The van der Waals surface area contributed by atoms with E-state index in [0.29, 0.717) is 0 Å². The Bertz CT molecular complexity index is 176. The number of carbonyl (C=O) groups is 1. The first kappa shape index (κ1) is 11.5. The first-order chi connectivity index (χ1) is 6.76. The number of rotatable bonds is 4. The molecule has 0 unspecified atom stereocenters. The fourth-order valence-electron chi connectivity index (χ4n) is 1.64. The van der Waals surface area contributed by atoms with Gasteiger partial charge in [-0.3, -0.25) is 0 Å². The number of likely N-dealkylation sites (tertiary alicyclic amines) is 1. The summed E-state index contributed by atoms with van der Waals surface area (Å²) in [5.41, 5.74) is 0. The predicted octanol–water partition coefficient (Wildman–Crippen LogP) is 0.660. The second-order valence-corrected chi connectivity index (χ2v) is 3.52. The van der Waals surface area contributed by atoms with Gasteiger partial charge in [-0.2, -0.15) is 0 Å². The van der Waals surface area contributed by atoms with E-state index in [1.54, 1.807) is 0 Å². The third kappa shape index (κ3) is 3.64. The molecule has 14 heavy (non-hydrogen) atoms. The first-order valence-corrected chi connectivity index (χ1v) is 5.17. The molecule has 1 rings (SSSR count). The largest absolute Gasteiger partial charge is 0.467 e. The number of methoxy groups -OCH3 is 1. The van der Waals surface area contributed by atoms with E-state index in [9.17, 15) is 4.79 Å². The van der Waals surface area contributed by atoms with Crippen LogP contribution in [0.3, 0.4) is 0 Å².